The molecule has 0 bridgehead atoms. The highest BCUT2D eigenvalue weighted by Crippen LogP contribution is 2.16. The SMILES string of the molecule is CCOc1ccc(C(=O)NNC(=O)CCc2c(C)nn(CC(C)C)c2C)cc1. The molecule has 0 saturated heterocycles. The third-order valence-electron chi connectivity index (χ3n) is 4.41. The van der Waals surface area contributed by atoms with Crippen LogP contribution in [0.3, 0.4) is 0 Å². The number of aromatic nitrogens is 2. The van der Waals surface area contributed by atoms with Crippen molar-refractivity contribution in [3.63, 3.8) is 0 Å². The molecule has 28 heavy (non-hydrogen) atoms. The first kappa shape index (κ1) is 21.5. The molecule has 2 aromatic rings. The van der Waals surface area contributed by atoms with Gasteiger partial charge in [-0.1, -0.05) is 13.8 Å². The van der Waals surface area contributed by atoms with Crippen molar-refractivity contribution in [3.8, 4) is 5.75 Å². The molecular weight excluding hydrogens is 356 g/mol. The normalized spacial score (nSPS) is 10.8. The van der Waals surface area contributed by atoms with Gasteiger partial charge in [-0.25, -0.2) is 0 Å². The summed E-state index contributed by atoms with van der Waals surface area (Å²) in [5.41, 5.74) is 8.50. The van der Waals surface area contributed by atoms with Crippen LogP contribution in [0.2, 0.25) is 0 Å². The molecule has 0 saturated carbocycles. The van der Waals surface area contributed by atoms with Crippen LogP contribution < -0.4 is 15.6 Å². The van der Waals surface area contributed by atoms with E-state index in [4.69, 9.17) is 4.74 Å². The minimum absolute atomic E-state index is 0.241. The fourth-order valence-corrected chi connectivity index (χ4v) is 2.99. The molecule has 152 valence electrons. The number of ether oxygens (including phenoxy) is 1. The zero-order chi connectivity index (χ0) is 20.7. The summed E-state index contributed by atoms with van der Waals surface area (Å²) in [7, 11) is 0. The Hall–Kier alpha value is -2.83. The Kier molecular flexibility index (Phi) is 7.61. The van der Waals surface area contributed by atoms with Crippen LogP contribution in [0.1, 0.15) is 54.5 Å². The van der Waals surface area contributed by atoms with E-state index in [1.807, 2.05) is 25.5 Å². The van der Waals surface area contributed by atoms with Gasteiger partial charge in [0.2, 0.25) is 5.91 Å². The lowest BCUT2D eigenvalue weighted by molar-refractivity contribution is -0.121. The number of hydrazine groups is 1. The van der Waals surface area contributed by atoms with Gasteiger partial charge in [-0.3, -0.25) is 25.1 Å². The second-order valence-electron chi connectivity index (χ2n) is 7.19. The van der Waals surface area contributed by atoms with Crippen molar-refractivity contribution in [2.75, 3.05) is 6.61 Å². The van der Waals surface area contributed by atoms with Crippen molar-refractivity contribution in [3.05, 3.63) is 46.8 Å². The lowest BCUT2D eigenvalue weighted by atomic mass is 10.1. The van der Waals surface area contributed by atoms with Gasteiger partial charge in [0.25, 0.3) is 5.91 Å². The number of amides is 2. The molecule has 7 heteroatoms. The van der Waals surface area contributed by atoms with Gasteiger partial charge in [0.1, 0.15) is 5.75 Å². The third kappa shape index (κ3) is 5.84. The van der Waals surface area contributed by atoms with Crippen LogP contribution in [0.5, 0.6) is 5.75 Å². The minimum atomic E-state index is -0.367. The Morgan fingerprint density at radius 2 is 1.82 bits per heavy atom. The molecule has 7 nitrogen and oxygen atoms in total. The van der Waals surface area contributed by atoms with Crippen molar-refractivity contribution in [1.82, 2.24) is 20.6 Å². The maximum atomic E-state index is 12.1. The van der Waals surface area contributed by atoms with E-state index in [9.17, 15) is 9.59 Å². The highest BCUT2D eigenvalue weighted by atomic mass is 16.5. The molecule has 0 aliphatic heterocycles. The molecule has 0 atom stereocenters. The smallest absolute Gasteiger partial charge is 0.269 e. The van der Waals surface area contributed by atoms with E-state index in [0.717, 1.165) is 23.5 Å². The summed E-state index contributed by atoms with van der Waals surface area (Å²) in [5, 5.41) is 4.57. The van der Waals surface area contributed by atoms with Crippen LogP contribution in [0.4, 0.5) is 0 Å². The molecule has 1 aromatic carbocycles. The van der Waals surface area contributed by atoms with Crippen molar-refractivity contribution < 1.29 is 14.3 Å². The second kappa shape index (κ2) is 9.92. The van der Waals surface area contributed by atoms with Gasteiger partial charge in [-0.05, 0) is 62.9 Å². The Morgan fingerprint density at radius 1 is 1.14 bits per heavy atom. The maximum absolute atomic E-state index is 12.1. The summed E-state index contributed by atoms with van der Waals surface area (Å²) in [6, 6.07) is 6.76. The van der Waals surface area contributed by atoms with E-state index in [1.165, 1.54) is 0 Å². The summed E-state index contributed by atoms with van der Waals surface area (Å²) in [5.74, 6) is 0.599. The first-order valence-electron chi connectivity index (χ1n) is 9.66. The Balaban J connectivity index is 1.84. The standard InChI is InChI=1S/C21H30N4O3/c1-6-28-18-9-7-17(8-10-18)21(27)23-22-20(26)12-11-19-15(4)24-25(16(19)5)13-14(2)3/h7-10,14H,6,11-13H2,1-5H3,(H,22,26)(H,23,27). The number of hydrogen-bond acceptors (Lipinski definition) is 4. The minimum Gasteiger partial charge on any atom is -0.494 e. The van der Waals surface area contributed by atoms with Gasteiger partial charge in [0.15, 0.2) is 0 Å². The summed E-state index contributed by atoms with van der Waals surface area (Å²) in [6.07, 6.45) is 0.860. The van der Waals surface area contributed by atoms with Crippen LogP contribution in [0.25, 0.3) is 0 Å². The number of benzene rings is 1. The summed E-state index contributed by atoms with van der Waals surface area (Å²) >= 11 is 0. The zero-order valence-electron chi connectivity index (χ0n) is 17.3. The summed E-state index contributed by atoms with van der Waals surface area (Å²) in [6.45, 7) is 11.6. The average molecular weight is 386 g/mol. The molecule has 0 fully saturated rings. The molecule has 2 rings (SSSR count). The van der Waals surface area contributed by atoms with Crippen molar-refractivity contribution in [2.45, 2.75) is 54.0 Å². The van der Waals surface area contributed by atoms with Crippen LogP contribution in [-0.4, -0.2) is 28.2 Å². The molecule has 0 spiro atoms. The zero-order valence-corrected chi connectivity index (χ0v) is 17.3. The molecular formula is C21H30N4O3. The molecule has 0 aliphatic carbocycles. The van der Waals surface area contributed by atoms with Crippen molar-refractivity contribution >= 4 is 11.8 Å². The topological polar surface area (TPSA) is 85.2 Å². The van der Waals surface area contributed by atoms with E-state index in [0.29, 0.717) is 30.3 Å². The maximum Gasteiger partial charge on any atom is 0.269 e. The molecule has 0 aliphatic rings. The monoisotopic (exact) mass is 386 g/mol. The van der Waals surface area contributed by atoms with Gasteiger partial charge in [-0.2, -0.15) is 5.10 Å². The largest absolute Gasteiger partial charge is 0.494 e. The highest BCUT2D eigenvalue weighted by molar-refractivity contribution is 5.95. The molecule has 2 N–H and O–H groups in total. The summed E-state index contributed by atoms with van der Waals surface area (Å²) in [4.78, 5) is 24.3. The predicted octanol–water partition coefficient (Wildman–Crippen LogP) is 2.95. The lowest BCUT2D eigenvalue weighted by Crippen LogP contribution is -2.41. The van der Waals surface area contributed by atoms with Crippen LogP contribution in [-0.2, 0) is 17.8 Å². The third-order valence-corrected chi connectivity index (χ3v) is 4.41. The molecule has 0 unspecified atom stereocenters. The van der Waals surface area contributed by atoms with Gasteiger partial charge in [0.05, 0.1) is 12.3 Å². The first-order valence-corrected chi connectivity index (χ1v) is 9.66. The van der Waals surface area contributed by atoms with Gasteiger partial charge in [-0.15, -0.1) is 0 Å². The molecule has 1 heterocycles. The molecule has 1 aromatic heterocycles. The lowest BCUT2D eigenvalue weighted by Gasteiger charge is -2.09. The van der Waals surface area contributed by atoms with Crippen LogP contribution in [0, 0.1) is 19.8 Å². The predicted molar refractivity (Wildman–Crippen MR) is 108 cm³/mol. The van der Waals surface area contributed by atoms with Gasteiger partial charge < -0.3 is 4.74 Å². The Morgan fingerprint density at radius 3 is 2.43 bits per heavy atom. The number of nitrogens with zero attached hydrogens (tertiary/aromatic N) is 2. The fourth-order valence-electron chi connectivity index (χ4n) is 2.99. The average Bonchev–Trinajstić information content (AvgIpc) is 2.91. The second-order valence-corrected chi connectivity index (χ2v) is 7.19. The number of hydrogen-bond donors (Lipinski definition) is 2. The Bertz CT molecular complexity index is 810. The van der Waals surface area contributed by atoms with E-state index in [-0.39, 0.29) is 18.2 Å². The number of rotatable bonds is 8. The van der Waals surface area contributed by atoms with Gasteiger partial charge >= 0.3 is 0 Å². The van der Waals surface area contributed by atoms with E-state index in [1.54, 1.807) is 24.3 Å². The highest BCUT2D eigenvalue weighted by Gasteiger charge is 2.14. The Labute approximate surface area is 166 Å². The number of nitrogens with one attached hydrogen (secondary N) is 2. The van der Waals surface area contributed by atoms with Gasteiger partial charge in [0, 0.05) is 24.2 Å². The van der Waals surface area contributed by atoms with E-state index in [2.05, 4.69) is 29.8 Å². The van der Waals surface area contributed by atoms with Crippen molar-refractivity contribution in [1.29, 1.82) is 0 Å². The van der Waals surface area contributed by atoms with Crippen LogP contribution >= 0.6 is 0 Å². The van der Waals surface area contributed by atoms with E-state index >= 15 is 0 Å². The first-order chi connectivity index (χ1) is 13.3. The van der Waals surface area contributed by atoms with Crippen molar-refractivity contribution in [2.24, 2.45) is 5.92 Å². The fraction of sp³-hybridized carbons (Fsp3) is 0.476. The number of carbonyl (C=O) groups excluding carboxylic acids is 2. The number of aryl methyl sites for hydroxylation is 1. The summed E-state index contributed by atoms with van der Waals surface area (Å²) < 4.78 is 7.35. The molecule has 0 radical (unpaired) electrons. The van der Waals surface area contributed by atoms with Crippen LogP contribution in [0.15, 0.2) is 24.3 Å². The quantitative estimate of drug-likeness (QED) is 0.683. The van der Waals surface area contributed by atoms with E-state index < -0.39 is 0 Å². The number of carbonyl (C=O) groups is 2. The molecule has 2 amide bonds.